The molecule has 0 aromatic heterocycles. The van der Waals surface area contributed by atoms with E-state index in [2.05, 4.69) is 4.99 Å². The number of aliphatic imine (C=N–C) groups is 1. The summed E-state index contributed by atoms with van der Waals surface area (Å²) in [5, 5.41) is 0. The lowest BCUT2D eigenvalue weighted by molar-refractivity contribution is -0.143. The van der Waals surface area contributed by atoms with Crippen molar-refractivity contribution in [1.82, 2.24) is 0 Å². The van der Waals surface area contributed by atoms with Crippen LogP contribution in [0.1, 0.15) is 31.4 Å². The molecule has 0 fully saturated rings. The summed E-state index contributed by atoms with van der Waals surface area (Å²) >= 11 is 0. The number of hydrogen-bond acceptors (Lipinski definition) is 3. The average Bonchev–Trinajstić information content (AvgIpc) is 2.38. The first-order valence-corrected chi connectivity index (χ1v) is 5.71. The van der Waals surface area contributed by atoms with Crippen LogP contribution >= 0.6 is 0 Å². The molecule has 1 atom stereocenters. The first-order chi connectivity index (χ1) is 8.27. The van der Waals surface area contributed by atoms with Crippen molar-refractivity contribution in [3.8, 4) is 0 Å². The van der Waals surface area contributed by atoms with E-state index < -0.39 is 0 Å². The van der Waals surface area contributed by atoms with Crippen LogP contribution in [0.15, 0.2) is 47.6 Å². The van der Waals surface area contributed by atoms with E-state index in [1.165, 1.54) is 6.92 Å². The zero-order chi connectivity index (χ0) is 12.1. The van der Waals surface area contributed by atoms with Crippen molar-refractivity contribution in [2.24, 2.45) is 4.99 Å². The standard InChI is InChI=1S/C14H15NO2/c1-11(16)17-14(12-7-3-2-4-8-12)13-9-5-6-10-15-13/h2-4,6-8,10,14H,5,9H2,1H3. The van der Waals surface area contributed by atoms with Crippen LogP contribution in [0.5, 0.6) is 0 Å². The molecule has 1 aromatic carbocycles. The monoisotopic (exact) mass is 229 g/mol. The minimum atomic E-state index is -0.348. The molecule has 0 N–H and O–H groups in total. The lowest BCUT2D eigenvalue weighted by Crippen LogP contribution is -2.19. The SMILES string of the molecule is CC(=O)OC(C1=NC=CCC1)c1ccccc1. The quantitative estimate of drug-likeness (QED) is 0.747. The van der Waals surface area contributed by atoms with Gasteiger partial charge in [0.2, 0.25) is 0 Å². The largest absolute Gasteiger partial charge is 0.451 e. The van der Waals surface area contributed by atoms with Gasteiger partial charge < -0.3 is 4.74 Å². The Morgan fingerprint density at radius 2 is 2.12 bits per heavy atom. The van der Waals surface area contributed by atoms with Crippen LogP contribution in [0.4, 0.5) is 0 Å². The zero-order valence-corrected chi connectivity index (χ0v) is 9.80. The zero-order valence-electron chi connectivity index (χ0n) is 9.80. The minimum Gasteiger partial charge on any atom is -0.451 e. The van der Waals surface area contributed by atoms with Crippen LogP contribution in [0.2, 0.25) is 0 Å². The van der Waals surface area contributed by atoms with Gasteiger partial charge in [0.05, 0.1) is 5.71 Å². The molecule has 1 aliphatic heterocycles. The Balaban J connectivity index is 2.28. The lowest BCUT2D eigenvalue weighted by Gasteiger charge is -2.20. The molecule has 1 heterocycles. The van der Waals surface area contributed by atoms with Gasteiger partial charge in [-0.2, -0.15) is 0 Å². The van der Waals surface area contributed by atoms with Gasteiger partial charge in [-0.3, -0.25) is 9.79 Å². The van der Waals surface area contributed by atoms with Gasteiger partial charge in [0.25, 0.3) is 0 Å². The topological polar surface area (TPSA) is 38.7 Å². The summed E-state index contributed by atoms with van der Waals surface area (Å²) in [6.07, 6.45) is 5.23. The van der Waals surface area contributed by atoms with Gasteiger partial charge >= 0.3 is 5.97 Å². The second-order valence-corrected chi connectivity index (χ2v) is 3.94. The van der Waals surface area contributed by atoms with Gasteiger partial charge in [0.15, 0.2) is 6.10 Å². The van der Waals surface area contributed by atoms with Crippen LogP contribution in [0, 0.1) is 0 Å². The predicted molar refractivity (Wildman–Crippen MR) is 66.8 cm³/mol. The Labute approximate surface area is 101 Å². The second kappa shape index (κ2) is 5.43. The van der Waals surface area contributed by atoms with Gasteiger partial charge in [0, 0.05) is 13.1 Å². The summed E-state index contributed by atoms with van der Waals surface area (Å²) in [5.41, 5.74) is 1.88. The van der Waals surface area contributed by atoms with Crippen molar-refractivity contribution in [2.75, 3.05) is 0 Å². The Morgan fingerprint density at radius 1 is 1.35 bits per heavy atom. The maximum atomic E-state index is 11.2. The van der Waals surface area contributed by atoms with E-state index in [4.69, 9.17) is 4.74 Å². The van der Waals surface area contributed by atoms with Crippen molar-refractivity contribution in [3.05, 3.63) is 48.2 Å². The molecule has 0 spiro atoms. The van der Waals surface area contributed by atoms with Crippen molar-refractivity contribution < 1.29 is 9.53 Å². The second-order valence-electron chi connectivity index (χ2n) is 3.94. The number of ether oxygens (including phenoxy) is 1. The Bertz CT molecular complexity index is 449. The summed E-state index contributed by atoms with van der Waals surface area (Å²) in [6.45, 7) is 1.43. The van der Waals surface area contributed by atoms with Crippen LogP contribution in [-0.2, 0) is 9.53 Å². The molecule has 2 rings (SSSR count). The summed E-state index contributed by atoms with van der Waals surface area (Å²) in [6, 6.07) is 9.72. The summed E-state index contributed by atoms with van der Waals surface area (Å²) in [5.74, 6) is -0.281. The van der Waals surface area contributed by atoms with Crippen LogP contribution < -0.4 is 0 Å². The van der Waals surface area contributed by atoms with Gasteiger partial charge in [0.1, 0.15) is 0 Å². The highest BCUT2D eigenvalue weighted by molar-refractivity contribution is 5.92. The molecule has 3 nitrogen and oxygen atoms in total. The van der Waals surface area contributed by atoms with Crippen LogP contribution in [0.25, 0.3) is 0 Å². The molecular weight excluding hydrogens is 214 g/mol. The Kier molecular flexibility index (Phi) is 3.70. The molecular formula is C14H15NO2. The third-order valence-electron chi connectivity index (χ3n) is 2.60. The fourth-order valence-electron chi connectivity index (χ4n) is 1.84. The highest BCUT2D eigenvalue weighted by Crippen LogP contribution is 2.23. The molecule has 0 radical (unpaired) electrons. The minimum absolute atomic E-state index is 0.281. The van der Waals surface area contributed by atoms with E-state index in [1.54, 1.807) is 6.20 Å². The number of rotatable bonds is 3. The fraction of sp³-hybridized carbons (Fsp3) is 0.286. The molecule has 0 bridgehead atoms. The molecule has 17 heavy (non-hydrogen) atoms. The lowest BCUT2D eigenvalue weighted by atomic mass is 10.00. The van der Waals surface area contributed by atoms with Crippen molar-refractivity contribution in [3.63, 3.8) is 0 Å². The number of carbonyl (C=O) groups excluding carboxylic acids is 1. The molecule has 0 aliphatic carbocycles. The molecule has 0 amide bonds. The highest BCUT2D eigenvalue weighted by Gasteiger charge is 2.21. The number of esters is 1. The van der Waals surface area contributed by atoms with Crippen molar-refractivity contribution >= 4 is 11.7 Å². The number of benzene rings is 1. The van der Waals surface area contributed by atoms with E-state index >= 15 is 0 Å². The van der Waals surface area contributed by atoms with Crippen LogP contribution in [-0.4, -0.2) is 11.7 Å². The van der Waals surface area contributed by atoms with Gasteiger partial charge in [-0.15, -0.1) is 0 Å². The first-order valence-electron chi connectivity index (χ1n) is 5.71. The maximum absolute atomic E-state index is 11.2. The Morgan fingerprint density at radius 3 is 2.71 bits per heavy atom. The molecule has 1 aromatic rings. The number of allylic oxidation sites excluding steroid dienone is 1. The molecule has 0 saturated heterocycles. The molecule has 88 valence electrons. The smallest absolute Gasteiger partial charge is 0.303 e. The molecule has 3 heteroatoms. The molecule has 1 aliphatic rings. The summed E-state index contributed by atoms with van der Waals surface area (Å²) < 4.78 is 5.37. The molecule has 1 unspecified atom stereocenters. The van der Waals surface area contributed by atoms with E-state index in [0.717, 1.165) is 24.1 Å². The van der Waals surface area contributed by atoms with Gasteiger partial charge in [-0.1, -0.05) is 36.4 Å². The fourth-order valence-corrected chi connectivity index (χ4v) is 1.84. The third kappa shape index (κ3) is 3.03. The number of carbonyl (C=O) groups is 1. The van der Waals surface area contributed by atoms with E-state index in [9.17, 15) is 4.79 Å². The number of hydrogen-bond donors (Lipinski definition) is 0. The predicted octanol–water partition coefficient (Wildman–Crippen LogP) is 3.04. The van der Waals surface area contributed by atoms with Gasteiger partial charge in [-0.25, -0.2) is 0 Å². The summed E-state index contributed by atoms with van der Waals surface area (Å²) in [7, 11) is 0. The maximum Gasteiger partial charge on any atom is 0.303 e. The highest BCUT2D eigenvalue weighted by atomic mass is 16.5. The van der Waals surface area contributed by atoms with Crippen LogP contribution in [0.3, 0.4) is 0 Å². The van der Waals surface area contributed by atoms with Crippen molar-refractivity contribution in [2.45, 2.75) is 25.9 Å². The summed E-state index contributed by atoms with van der Waals surface area (Å²) in [4.78, 5) is 15.5. The van der Waals surface area contributed by atoms with Crippen molar-refractivity contribution in [1.29, 1.82) is 0 Å². The Hall–Kier alpha value is -1.90. The van der Waals surface area contributed by atoms with E-state index in [1.807, 2.05) is 36.4 Å². The number of nitrogens with zero attached hydrogens (tertiary/aromatic N) is 1. The van der Waals surface area contributed by atoms with E-state index in [0.29, 0.717) is 0 Å². The normalized spacial score (nSPS) is 16.2. The first kappa shape index (κ1) is 11.6. The van der Waals surface area contributed by atoms with E-state index in [-0.39, 0.29) is 12.1 Å². The molecule has 0 saturated carbocycles. The third-order valence-corrected chi connectivity index (χ3v) is 2.60. The average molecular weight is 229 g/mol. The van der Waals surface area contributed by atoms with Gasteiger partial charge in [-0.05, 0) is 18.4 Å².